The predicted octanol–water partition coefficient (Wildman–Crippen LogP) is 10.6. The van der Waals surface area contributed by atoms with Crippen LogP contribution in [0.1, 0.15) is 122 Å². The highest BCUT2D eigenvalue weighted by atomic mass is 16.5. The smallest absolute Gasteiger partial charge is 0.330 e. The van der Waals surface area contributed by atoms with Crippen LogP contribution in [0.2, 0.25) is 0 Å². The van der Waals surface area contributed by atoms with Crippen molar-refractivity contribution >= 4 is 17.9 Å². The molecule has 0 spiro atoms. The zero-order chi connectivity index (χ0) is 29.9. The highest BCUT2D eigenvalue weighted by Gasteiger charge is 1.99. The Morgan fingerprint density at radius 3 is 1.52 bits per heavy atom. The standard InChI is InChI=1S/C37H55NO4/c1-3-5-6-7-8-12-15-19-30-41-36-27-23-34(24-28-36)38-32-33-21-25-35(26-22-33)40-29-18-16-13-10-9-11-14-17-20-31-42-37(39)4-2/h4,21-28,32H,2-3,5-20,29-31H2,1H3. The third-order valence-corrected chi connectivity index (χ3v) is 7.31. The quantitative estimate of drug-likeness (QED) is 0.0483. The van der Waals surface area contributed by atoms with E-state index >= 15 is 0 Å². The van der Waals surface area contributed by atoms with Crippen molar-refractivity contribution in [3.63, 3.8) is 0 Å². The molecule has 0 atom stereocenters. The van der Waals surface area contributed by atoms with Crippen LogP contribution in [0.15, 0.2) is 66.2 Å². The molecule has 0 unspecified atom stereocenters. The summed E-state index contributed by atoms with van der Waals surface area (Å²) < 4.78 is 16.8. The number of rotatable bonds is 26. The number of aliphatic imine (C=N–C) groups is 1. The average Bonchev–Trinajstić information content (AvgIpc) is 3.02. The number of carbonyl (C=O) groups excluding carboxylic acids is 1. The van der Waals surface area contributed by atoms with Gasteiger partial charge in [-0.05, 0) is 73.4 Å². The van der Waals surface area contributed by atoms with Crippen LogP contribution in [0.3, 0.4) is 0 Å². The Hall–Kier alpha value is -3.08. The molecule has 0 bridgehead atoms. The van der Waals surface area contributed by atoms with Crippen LogP contribution in [0.5, 0.6) is 11.5 Å². The first kappa shape index (κ1) is 35.1. The highest BCUT2D eigenvalue weighted by Crippen LogP contribution is 2.19. The second-order valence-electron chi connectivity index (χ2n) is 11.0. The van der Waals surface area contributed by atoms with Gasteiger partial charge in [-0.1, -0.05) is 103 Å². The van der Waals surface area contributed by atoms with Gasteiger partial charge in [0.05, 0.1) is 25.5 Å². The van der Waals surface area contributed by atoms with E-state index in [4.69, 9.17) is 14.2 Å². The summed E-state index contributed by atoms with van der Waals surface area (Å²) in [5.74, 6) is 1.49. The van der Waals surface area contributed by atoms with Gasteiger partial charge >= 0.3 is 5.97 Å². The maximum Gasteiger partial charge on any atom is 0.330 e. The van der Waals surface area contributed by atoms with Crippen molar-refractivity contribution in [2.75, 3.05) is 19.8 Å². The van der Waals surface area contributed by atoms with Gasteiger partial charge in [0.1, 0.15) is 11.5 Å². The molecule has 0 saturated carbocycles. The number of esters is 1. The predicted molar refractivity (Wildman–Crippen MR) is 176 cm³/mol. The number of ether oxygens (including phenoxy) is 3. The second kappa shape index (κ2) is 24.5. The van der Waals surface area contributed by atoms with Crippen LogP contribution < -0.4 is 9.47 Å². The van der Waals surface area contributed by atoms with E-state index in [0.717, 1.165) is 61.6 Å². The minimum Gasteiger partial charge on any atom is -0.494 e. The Labute approximate surface area is 255 Å². The fourth-order valence-electron chi connectivity index (χ4n) is 4.72. The molecule has 232 valence electrons. The van der Waals surface area contributed by atoms with E-state index in [2.05, 4.69) is 18.5 Å². The summed E-state index contributed by atoms with van der Waals surface area (Å²) in [5.41, 5.74) is 1.97. The molecule has 0 aliphatic rings. The van der Waals surface area contributed by atoms with Crippen LogP contribution in [0.25, 0.3) is 0 Å². The van der Waals surface area contributed by atoms with Gasteiger partial charge in [0, 0.05) is 12.3 Å². The molecule has 0 fully saturated rings. The van der Waals surface area contributed by atoms with Crippen molar-refractivity contribution in [2.24, 2.45) is 4.99 Å². The molecular weight excluding hydrogens is 522 g/mol. The van der Waals surface area contributed by atoms with E-state index in [1.54, 1.807) is 0 Å². The van der Waals surface area contributed by atoms with Gasteiger partial charge < -0.3 is 14.2 Å². The molecule has 0 amide bonds. The lowest BCUT2D eigenvalue weighted by Gasteiger charge is -2.07. The van der Waals surface area contributed by atoms with Gasteiger partial charge in [-0.3, -0.25) is 4.99 Å². The first-order chi connectivity index (χ1) is 20.7. The minimum atomic E-state index is -0.326. The molecule has 0 N–H and O–H groups in total. The summed E-state index contributed by atoms with van der Waals surface area (Å²) in [5, 5.41) is 0. The number of nitrogens with zero attached hydrogens (tertiary/aromatic N) is 1. The summed E-state index contributed by atoms with van der Waals surface area (Å²) in [4.78, 5) is 15.6. The summed E-state index contributed by atoms with van der Waals surface area (Å²) in [7, 11) is 0. The number of unbranched alkanes of at least 4 members (excludes halogenated alkanes) is 15. The van der Waals surface area contributed by atoms with Crippen molar-refractivity contribution in [1.82, 2.24) is 0 Å². The minimum absolute atomic E-state index is 0.326. The Bertz CT molecular complexity index is 968. The molecule has 0 aliphatic heterocycles. The number of hydrogen-bond donors (Lipinski definition) is 0. The molecule has 0 aliphatic carbocycles. The summed E-state index contributed by atoms with van der Waals surface area (Å²) in [6, 6.07) is 16.1. The Morgan fingerprint density at radius 2 is 1.05 bits per heavy atom. The maximum absolute atomic E-state index is 11.0. The zero-order valence-electron chi connectivity index (χ0n) is 26.2. The van der Waals surface area contributed by atoms with Crippen LogP contribution in [-0.4, -0.2) is 32.0 Å². The lowest BCUT2D eigenvalue weighted by Crippen LogP contribution is -2.01. The molecule has 2 aromatic rings. The van der Waals surface area contributed by atoms with Crippen LogP contribution in [0, 0.1) is 0 Å². The number of hydrogen-bond acceptors (Lipinski definition) is 5. The fourth-order valence-corrected chi connectivity index (χ4v) is 4.72. The van der Waals surface area contributed by atoms with Gasteiger partial charge in [0.2, 0.25) is 0 Å². The normalized spacial score (nSPS) is 11.1. The monoisotopic (exact) mass is 577 g/mol. The second-order valence-corrected chi connectivity index (χ2v) is 11.0. The van der Waals surface area contributed by atoms with E-state index in [0.29, 0.717) is 6.61 Å². The van der Waals surface area contributed by atoms with Gasteiger partial charge in [0.15, 0.2) is 0 Å². The van der Waals surface area contributed by atoms with E-state index in [1.165, 1.54) is 89.5 Å². The van der Waals surface area contributed by atoms with Crippen LogP contribution >= 0.6 is 0 Å². The number of benzene rings is 2. The fraction of sp³-hybridized carbons (Fsp3) is 0.568. The van der Waals surface area contributed by atoms with E-state index < -0.39 is 0 Å². The molecule has 5 nitrogen and oxygen atoms in total. The van der Waals surface area contributed by atoms with Gasteiger partial charge in [0.25, 0.3) is 0 Å². The van der Waals surface area contributed by atoms with Gasteiger partial charge in [-0.15, -0.1) is 0 Å². The Balaban J connectivity index is 1.47. The van der Waals surface area contributed by atoms with E-state index in [9.17, 15) is 4.79 Å². The van der Waals surface area contributed by atoms with Crippen LogP contribution in [0.4, 0.5) is 5.69 Å². The molecule has 2 rings (SSSR count). The highest BCUT2D eigenvalue weighted by molar-refractivity contribution is 5.82. The molecule has 0 saturated heterocycles. The van der Waals surface area contributed by atoms with Crippen molar-refractivity contribution in [3.8, 4) is 11.5 Å². The number of carbonyl (C=O) groups is 1. The Kier molecular flexibility index (Phi) is 20.5. The first-order valence-corrected chi connectivity index (χ1v) is 16.5. The largest absolute Gasteiger partial charge is 0.494 e. The molecule has 0 radical (unpaired) electrons. The molecule has 2 aromatic carbocycles. The Morgan fingerprint density at radius 1 is 0.619 bits per heavy atom. The summed E-state index contributed by atoms with van der Waals surface area (Å²) >= 11 is 0. The molecule has 0 aromatic heterocycles. The molecular formula is C37H55NO4. The van der Waals surface area contributed by atoms with E-state index in [-0.39, 0.29) is 5.97 Å². The molecule has 0 heterocycles. The third kappa shape index (κ3) is 18.4. The van der Waals surface area contributed by atoms with E-state index in [1.807, 2.05) is 54.7 Å². The SMILES string of the molecule is C=CC(=O)OCCCCCCCCCCCOc1ccc(C=Nc2ccc(OCCCCCCCCCC)cc2)cc1. The summed E-state index contributed by atoms with van der Waals surface area (Å²) in [6.07, 6.45) is 24.2. The van der Waals surface area contributed by atoms with Crippen molar-refractivity contribution in [3.05, 3.63) is 66.7 Å². The zero-order valence-corrected chi connectivity index (χ0v) is 26.2. The molecule has 42 heavy (non-hydrogen) atoms. The lowest BCUT2D eigenvalue weighted by molar-refractivity contribution is -0.137. The average molecular weight is 578 g/mol. The maximum atomic E-state index is 11.0. The summed E-state index contributed by atoms with van der Waals surface area (Å²) in [6.45, 7) is 7.70. The van der Waals surface area contributed by atoms with Gasteiger partial charge in [-0.25, -0.2) is 4.79 Å². The molecule has 5 heteroatoms. The van der Waals surface area contributed by atoms with Crippen molar-refractivity contribution in [2.45, 2.75) is 116 Å². The van der Waals surface area contributed by atoms with Crippen molar-refractivity contribution < 1.29 is 19.0 Å². The topological polar surface area (TPSA) is 57.1 Å². The van der Waals surface area contributed by atoms with Crippen LogP contribution in [-0.2, 0) is 9.53 Å². The van der Waals surface area contributed by atoms with Crippen molar-refractivity contribution in [1.29, 1.82) is 0 Å². The third-order valence-electron chi connectivity index (χ3n) is 7.31. The first-order valence-electron chi connectivity index (χ1n) is 16.5. The lowest BCUT2D eigenvalue weighted by atomic mass is 10.1. The van der Waals surface area contributed by atoms with Gasteiger partial charge in [-0.2, -0.15) is 0 Å².